The molecule has 3 aromatic rings. The van der Waals surface area contributed by atoms with E-state index in [0.29, 0.717) is 44.8 Å². The van der Waals surface area contributed by atoms with Gasteiger partial charge in [0.2, 0.25) is 0 Å². The predicted octanol–water partition coefficient (Wildman–Crippen LogP) is 6.02. The lowest BCUT2D eigenvalue weighted by molar-refractivity contribution is 0.0954. The monoisotopic (exact) mass is 650 g/mol. The van der Waals surface area contributed by atoms with Crippen LogP contribution in [0.1, 0.15) is 28.4 Å². The summed E-state index contributed by atoms with van der Waals surface area (Å²) in [5, 5.41) is 4.00. The van der Waals surface area contributed by atoms with Crippen molar-refractivity contribution in [3.8, 4) is 17.2 Å². The fraction of sp³-hybridized carbons (Fsp3) is 0.154. The number of hydrogen-bond donors (Lipinski definition) is 1. The van der Waals surface area contributed by atoms with E-state index < -0.39 is 16.0 Å². The summed E-state index contributed by atoms with van der Waals surface area (Å²) in [6, 6.07) is 14.4. The molecule has 0 spiro atoms. The molecule has 0 aliphatic rings. The maximum atomic E-state index is 12.7. The number of carbonyl (C=O) groups is 1. The third-order valence-electron chi connectivity index (χ3n) is 4.77. The van der Waals surface area contributed by atoms with Crippen molar-refractivity contribution in [1.29, 1.82) is 0 Å². The summed E-state index contributed by atoms with van der Waals surface area (Å²) in [7, 11) is -4.04. The van der Waals surface area contributed by atoms with E-state index in [9.17, 15) is 13.2 Å². The molecule has 0 unspecified atom stereocenters. The Bertz CT molecular complexity index is 1400. The van der Waals surface area contributed by atoms with Crippen LogP contribution in [0, 0.1) is 6.92 Å². The molecule has 194 valence electrons. The van der Waals surface area contributed by atoms with Crippen LogP contribution in [0.4, 0.5) is 0 Å². The number of nitrogens with zero attached hydrogens (tertiary/aromatic N) is 1. The van der Waals surface area contributed by atoms with Crippen molar-refractivity contribution in [3.05, 3.63) is 92.9 Å². The smallest absolute Gasteiger partial charge is 0.339 e. The Balaban J connectivity index is 1.72. The van der Waals surface area contributed by atoms with Crippen LogP contribution in [0.5, 0.6) is 17.2 Å². The summed E-state index contributed by atoms with van der Waals surface area (Å²) in [5.41, 5.74) is 4.29. The van der Waals surface area contributed by atoms with Crippen LogP contribution >= 0.6 is 31.9 Å². The molecule has 1 N–H and O–H groups in total. The van der Waals surface area contributed by atoms with E-state index in [0.717, 1.165) is 5.56 Å². The Morgan fingerprint density at radius 1 is 1.03 bits per heavy atom. The standard InChI is InChI=1S/C26H24Br2N2O6S/c1-4-12-35-23-11-8-19(15-24(23)34-5-2)26(31)30-29-16-18-13-21(27)25(22(28)14-18)36-37(32,33)20-9-6-17(3)7-10-20/h4,6-11,13-16H,1,5,12H2,2-3H3,(H,30,31)/b29-16+. The van der Waals surface area contributed by atoms with Crippen molar-refractivity contribution >= 4 is 54.1 Å². The molecule has 11 heteroatoms. The van der Waals surface area contributed by atoms with Crippen LogP contribution in [0.25, 0.3) is 0 Å². The van der Waals surface area contributed by atoms with E-state index in [1.165, 1.54) is 18.3 Å². The fourth-order valence-electron chi connectivity index (χ4n) is 3.01. The highest BCUT2D eigenvalue weighted by Crippen LogP contribution is 2.36. The lowest BCUT2D eigenvalue weighted by Crippen LogP contribution is -2.17. The molecule has 0 saturated carbocycles. The zero-order valence-corrected chi connectivity index (χ0v) is 24.0. The molecule has 0 radical (unpaired) electrons. The molecular weight excluding hydrogens is 628 g/mol. The third kappa shape index (κ3) is 7.67. The lowest BCUT2D eigenvalue weighted by Gasteiger charge is -2.12. The van der Waals surface area contributed by atoms with Gasteiger partial charge in [0.25, 0.3) is 5.91 Å². The van der Waals surface area contributed by atoms with Crippen LogP contribution in [0.2, 0.25) is 0 Å². The largest absolute Gasteiger partial charge is 0.490 e. The van der Waals surface area contributed by atoms with Crippen molar-refractivity contribution in [3.63, 3.8) is 0 Å². The highest BCUT2D eigenvalue weighted by atomic mass is 79.9. The zero-order chi connectivity index (χ0) is 27.0. The van der Waals surface area contributed by atoms with Crippen molar-refractivity contribution in [2.24, 2.45) is 5.10 Å². The minimum Gasteiger partial charge on any atom is -0.490 e. The summed E-state index contributed by atoms with van der Waals surface area (Å²) in [6.07, 6.45) is 3.03. The Morgan fingerprint density at radius 2 is 1.70 bits per heavy atom. The van der Waals surface area contributed by atoms with E-state index in [2.05, 4.69) is 49.0 Å². The number of ether oxygens (including phenoxy) is 2. The molecule has 0 aliphatic carbocycles. The second-order valence-corrected chi connectivity index (χ2v) is 10.8. The molecule has 0 bridgehead atoms. The number of benzene rings is 3. The van der Waals surface area contributed by atoms with Gasteiger partial charge in [0.05, 0.1) is 21.8 Å². The fourth-order valence-corrected chi connectivity index (χ4v) is 5.57. The number of nitrogens with one attached hydrogen (secondary N) is 1. The van der Waals surface area contributed by atoms with Gasteiger partial charge in [-0.15, -0.1) is 0 Å². The van der Waals surface area contributed by atoms with E-state index in [1.807, 2.05) is 13.8 Å². The van der Waals surface area contributed by atoms with E-state index in [4.69, 9.17) is 13.7 Å². The molecular formula is C26H24Br2N2O6S. The van der Waals surface area contributed by atoms with Gasteiger partial charge in [-0.05, 0) is 93.7 Å². The first kappa shape index (κ1) is 28.4. The molecule has 1 amide bonds. The molecule has 3 rings (SSSR count). The molecule has 37 heavy (non-hydrogen) atoms. The van der Waals surface area contributed by atoms with Gasteiger partial charge in [0.15, 0.2) is 17.2 Å². The second-order valence-electron chi connectivity index (χ2n) is 7.56. The summed E-state index contributed by atoms with van der Waals surface area (Å²) < 4.78 is 42.5. The molecule has 0 heterocycles. The Labute approximate surface area is 232 Å². The lowest BCUT2D eigenvalue weighted by atomic mass is 10.2. The average molecular weight is 652 g/mol. The Kier molecular flexibility index (Phi) is 9.90. The second kappa shape index (κ2) is 12.9. The van der Waals surface area contributed by atoms with Gasteiger partial charge < -0.3 is 13.7 Å². The summed E-state index contributed by atoms with van der Waals surface area (Å²) in [6.45, 7) is 8.03. The summed E-state index contributed by atoms with van der Waals surface area (Å²) in [5.74, 6) is 0.576. The van der Waals surface area contributed by atoms with E-state index >= 15 is 0 Å². The molecule has 0 saturated heterocycles. The SMILES string of the molecule is C=CCOc1ccc(C(=O)N/N=C/c2cc(Br)c(OS(=O)(=O)c3ccc(C)cc3)c(Br)c2)cc1OCC. The highest BCUT2D eigenvalue weighted by Gasteiger charge is 2.20. The number of aryl methyl sites for hydroxylation is 1. The number of hydrazone groups is 1. The number of halogens is 2. The minimum atomic E-state index is -4.04. The predicted molar refractivity (Wildman–Crippen MR) is 149 cm³/mol. The van der Waals surface area contributed by atoms with Crippen molar-refractivity contribution in [1.82, 2.24) is 5.43 Å². The maximum Gasteiger partial charge on any atom is 0.339 e. The van der Waals surface area contributed by atoms with Crippen LogP contribution in [0.15, 0.2) is 86.2 Å². The summed E-state index contributed by atoms with van der Waals surface area (Å²) in [4.78, 5) is 12.6. The van der Waals surface area contributed by atoms with Crippen molar-refractivity contribution in [2.45, 2.75) is 18.7 Å². The number of hydrogen-bond acceptors (Lipinski definition) is 7. The van der Waals surface area contributed by atoms with E-state index in [1.54, 1.807) is 48.5 Å². The van der Waals surface area contributed by atoms with Crippen molar-refractivity contribution in [2.75, 3.05) is 13.2 Å². The van der Waals surface area contributed by atoms with E-state index in [-0.39, 0.29) is 10.6 Å². The van der Waals surface area contributed by atoms with Crippen LogP contribution in [-0.2, 0) is 10.1 Å². The van der Waals surface area contributed by atoms with Crippen LogP contribution < -0.4 is 19.1 Å². The molecule has 0 atom stereocenters. The minimum absolute atomic E-state index is 0.0399. The van der Waals surface area contributed by atoms with Gasteiger partial charge in [0.1, 0.15) is 11.5 Å². The number of rotatable bonds is 11. The normalized spacial score (nSPS) is 11.2. The number of amides is 1. The highest BCUT2D eigenvalue weighted by molar-refractivity contribution is 9.11. The van der Waals surface area contributed by atoms with Crippen molar-refractivity contribution < 1.29 is 26.9 Å². The third-order valence-corrected chi connectivity index (χ3v) is 7.18. The van der Waals surface area contributed by atoms with Gasteiger partial charge in [-0.1, -0.05) is 30.4 Å². The topological polar surface area (TPSA) is 103 Å². The van der Waals surface area contributed by atoms with Gasteiger partial charge >= 0.3 is 10.1 Å². The first-order chi connectivity index (χ1) is 17.6. The molecule has 0 aliphatic heterocycles. The first-order valence-electron chi connectivity index (χ1n) is 11.0. The maximum absolute atomic E-state index is 12.7. The molecule has 0 fully saturated rings. The van der Waals surface area contributed by atoms with Gasteiger partial charge in [-0.3, -0.25) is 4.79 Å². The number of carbonyl (C=O) groups excluding carboxylic acids is 1. The van der Waals surface area contributed by atoms with Gasteiger partial charge in [0, 0.05) is 5.56 Å². The van der Waals surface area contributed by atoms with Gasteiger partial charge in [-0.2, -0.15) is 13.5 Å². The quantitative estimate of drug-likeness (QED) is 0.118. The molecule has 3 aromatic carbocycles. The summed E-state index contributed by atoms with van der Waals surface area (Å²) >= 11 is 6.68. The first-order valence-corrected chi connectivity index (χ1v) is 14.0. The molecule has 8 nitrogen and oxygen atoms in total. The zero-order valence-electron chi connectivity index (χ0n) is 20.0. The van der Waals surface area contributed by atoms with Crippen LogP contribution in [0.3, 0.4) is 0 Å². The van der Waals surface area contributed by atoms with Gasteiger partial charge in [-0.25, -0.2) is 5.43 Å². The Morgan fingerprint density at radius 3 is 2.32 bits per heavy atom. The molecule has 0 aromatic heterocycles. The Hall–Kier alpha value is -3.15. The van der Waals surface area contributed by atoms with Crippen LogP contribution in [-0.4, -0.2) is 33.8 Å². The average Bonchev–Trinajstić information content (AvgIpc) is 2.86.